The number of hydrogen-bond acceptors (Lipinski definition) is 7. The molecular formula is C23H20Cl2N2O6S. The first-order valence-electron chi connectivity index (χ1n) is 10.1. The Morgan fingerprint density at radius 1 is 1.15 bits per heavy atom. The fraction of sp³-hybridized carbons (Fsp3) is 0.217. The van der Waals surface area contributed by atoms with Crippen molar-refractivity contribution in [2.24, 2.45) is 0 Å². The van der Waals surface area contributed by atoms with Crippen LogP contribution in [0, 0.1) is 6.92 Å². The van der Waals surface area contributed by atoms with Crippen molar-refractivity contribution >= 4 is 69.8 Å². The van der Waals surface area contributed by atoms with Crippen LogP contribution in [-0.4, -0.2) is 47.7 Å². The van der Waals surface area contributed by atoms with E-state index in [2.05, 4.69) is 5.32 Å². The Morgan fingerprint density at radius 2 is 1.91 bits per heavy atom. The van der Waals surface area contributed by atoms with E-state index in [-0.39, 0.29) is 23.9 Å². The summed E-state index contributed by atoms with van der Waals surface area (Å²) < 4.78 is 10.4. The van der Waals surface area contributed by atoms with Crippen LogP contribution in [0.3, 0.4) is 0 Å². The molecule has 1 saturated heterocycles. The number of esters is 1. The predicted octanol–water partition coefficient (Wildman–Crippen LogP) is 4.92. The smallest absolute Gasteiger partial charge is 0.326 e. The van der Waals surface area contributed by atoms with Gasteiger partial charge in [0.25, 0.3) is 17.1 Å². The Labute approximate surface area is 210 Å². The van der Waals surface area contributed by atoms with Gasteiger partial charge in [0.2, 0.25) is 0 Å². The Bertz CT molecular complexity index is 1180. The lowest BCUT2D eigenvalue weighted by atomic mass is 10.2. The molecule has 34 heavy (non-hydrogen) atoms. The van der Waals surface area contributed by atoms with Crippen molar-refractivity contribution in [2.75, 3.05) is 25.1 Å². The van der Waals surface area contributed by atoms with E-state index in [1.165, 1.54) is 12.1 Å². The molecule has 1 fully saturated rings. The molecule has 0 unspecified atom stereocenters. The quantitative estimate of drug-likeness (QED) is 0.387. The summed E-state index contributed by atoms with van der Waals surface area (Å²) in [7, 11) is 0. The zero-order valence-electron chi connectivity index (χ0n) is 18.2. The fourth-order valence-electron chi connectivity index (χ4n) is 2.89. The van der Waals surface area contributed by atoms with Crippen LogP contribution in [0.25, 0.3) is 6.08 Å². The van der Waals surface area contributed by atoms with Gasteiger partial charge in [-0.15, -0.1) is 0 Å². The average Bonchev–Trinajstić information content (AvgIpc) is 3.03. The number of rotatable bonds is 8. The molecule has 0 aliphatic carbocycles. The number of halogens is 2. The lowest BCUT2D eigenvalue weighted by molar-refractivity contribution is -0.146. The number of thioether (sulfide) groups is 1. The summed E-state index contributed by atoms with van der Waals surface area (Å²) in [5.41, 5.74) is 1.80. The molecule has 0 bridgehead atoms. The van der Waals surface area contributed by atoms with Crippen LogP contribution in [0.15, 0.2) is 41.3 Å². The van der Waals surface area contributed by atoms with Gasteiger partial charge in [0.15, 0.2) is 6.61 Å². The molecule has 1 heterocycles. The number of hydrogen-bond donors (Lipinski definition) is 1. The second-order valence-corrected chi connectivity index (χ2v) is 8.89. The molecule has 0 saturated carbocycles. The molecule has 1 aliphatic rings. The molecule has 11 heteroatoms. The first kappa shape index (κ1) is 25.6. The number of imide groups is 1. The summed E-state index contributed by atoms with van der Waals surface area (Å²) in [5, 5.41) is 2.98. The normalized spacial score (nSPS) is 14.5. The van der Waals surface area contributed by atoms with Crippen molar-refractivity contribution < 1.29 is 28.7 Å². The molecule has 1 N–H and O–H groups in total. The van der Waals surface area contributed by atoms with E-state index in [0.29, 0.717) is 33.1 Å². The van der Waals surface area contributed by atoms with Crippen molar-refractivity contribution in [1.29, 1.82) is 0 Å². The van der Waals surface area contributed by atoms with Crippen molar-refractivity contribution in [2.45, 2.75) is 13.8 Å². The lowest BCUT2D eigenvalue weighted by Crippen LogP contribution is -2.34. The maximum Gasteiger partial charge on any atom is 0.326 e. The molecule has 3 rings (SSSR count). The van der Waals surface area contributed by atoms with Gasteiger partial charge >= 0.3 is 5.97 Å². The molecule has 2 aromatic carbocycles. The van der Waals surface area contributed by atoms with Crippen LogP contribution in [0.1, 0.15) is 18.1 Å². The Morgan fingerprint density at radius 3 is 2.62 bits per heavy atom. The van der Waals surface area contributed by atoms with Gasteiger partial charge < -0.3 is 14.8 Å². The number of anilines is 1. The summed E-state index contributed by atoms with van der Waals surface area (Å²) in [5.74, 6) is -1.46. The number of carbonyl (C=O) groups is 4. The zero-order chi connectivity index (χ0) is 24.8. The van der Waals surface area contributed by atoms with Crippen LogP contribution < -0.4 is 10.1 Å². The third-order valence-electron chi connectivity index (χ3n) is 4.54. The number of nitrogens with zero attached hydrogens (tertiary/aromatic N) is 1. The molecular weight excluding hydrogens is 503 g/mol. The maximum absolute atomic E-state index is 12.6. The summed E-state index contributed by atoms with van der Waals surface area (Å²) >= 11 is 12.8. The van der Waals surface area contributed by atoms with Crippen molar-refractivity contribution in [1.82, 2.24) is 4.90 Å². The van der Waals surface area contributed by atoms with Gasteiger partial charge in [0.1, 0.15) is 12.3 Å². The Kier molecular flexibility index (Phi) is 8.60. The molecule has 0 atom stereocenters. The van der Waals surface area contributed by atoms with E-state index in [4.69, 9.17) is 32.7 Å². The van der Waals surface area contributed by atoms with Gasteiger partial charge in [-0.3, -0.25) is 24.1 Å². The van der Waals surface area contributed by atoms with E-state index >= 15 is 0 Å². The lowest BCUT2D eigenvalue weighted by Gasteiger charge is -2.12. The van der Waals surface area contributed by atoms with Crippen molar-refractivity contribution in [3.8, 4) is 5.75 Å². The number of ether oxygens (including phenoxy) is 2. The minimum atomic E-state index is -0.682. The van der Waals surface area contributed by atoms with Gasteiger partial charge in [-0.1, -0.05) is 29.3 Å². The number of aryl methyl sites for hydroxylation is 1. The highest BCUT2D eigenvalue weighted by molar-refractivity contribution is 8.18. The summed E-state index contributed by atoms with van der Waals surface area (Å²) in [6.45, 7) is 2.82. The predicted molar refractivity (Wildman–Crippen MR) is 131 cm³/mol. The van der Waals surface area contributed by atoms with Crippen LogP contribution in [0.5, 0.6) is 5.75 Å². The SMILES string of the molecule is CCOC(=O)CN1C(=O)S/C(=C\c2cc(Cl)ccc2OCC(=O)Nc2ccc(C)c(Cl)c2)C1=O. The number of carbonyl (C=O) groups excluding carboxylic acids is 4. The highest BCUT2D eigenvalue weighted by atomic mass is 35.5. The molecule has 0 spiro atoms. The van der Waals surface area contributed by atoms with Gasteiger partial charge in [0.05, 0.1) is 11.5 Å². The third kappa shape index (κ3) is 6.53. The minimum Gasteiger partial charge on any atom is -0.483 e. The third-order valence-corrected chi connectivity index (χ3v) is 6.09. The first-order chi connectivity index (χ1) is 16.2. The average molecular weight is 523 g/mol. The molecule has 178 valence electrons. The van der Waals surface area contributed by atoms with Gasteiger partial charge in [0, 0.05) is 21.3 Å². The Hall–Kier alpha value is -3.01. The highest BCUT2D eigenvalue weighted by Crippen LogP contribution is 2.34. The second kappa shape index (κ2) is 11.4. The standard InChI is InChI=1S/C23H20Cl2N2O6S/c1-3-32-21(29)11-27-22(30)19(34-23(27)31)9-14-8-15(24)5-7-18(14)33-12-20(28)26-16-6-4-13(2)17(25)10-16/h4-10H,3,11-12H2,1-2H3,(H,26,28)/b19-9-. The van der Waals surface area contributed by atoms with Crippen LogP contribution in [0.4, 0.5) is 10.5 Å². The first-order valence-corrected chi connectivity index (χ1v) is 11.6. The van der Waals surface area contributed by atoms with E-state index < -0.39 is 29.6 Å². The zero-order valence-corrected chi connectivity index (χ0v) is 20.6. The number of benzene rings is 2. The largest absolute Gasteiger partial charge is 0.483 e. The van der Waals surface area contributed by atoms with Gasteiger partial charge in [-0.25, -0.2) is 0 Å². The monoisotopic (exact) mass is 522 g/mol. The molecule has 8 nitrogen and oxygen atoms in total. The van der Waals surface area contributed by atoms with Gasteiger partial charge in [-0.05, 0) is 67.6 Å². The van der Waals surface area contributed by atoms with E-state index in [9.17, 15) is 19.2 Å². The maximum atomic E-state index is 12.6. The summed E-state index contributed by atoms with van der Waals surface area (Å²) in [6, 6.07) is 9.79. The van der Waals surface area contributed by atoms with Gasteiger partial charge in [-0.2, -0.15) is 0 Å². The Balaban J connectivity index is 1.72. The summed E-state index contributed by atoms with van der Waals surface area (Å²) in [6.07, 6.45) is 1.43. The van der Waals surface area contributed by atoms with E-state index in [1.54, 1.807) is 37.3 Å². The summed E-state index contributed by atoms with van der Waals surface area (Å²) in [4.78, 5) is 49.7. The molecule has 3 amide bonds. The van der Waals surface area contributed by atoms with Crippen LogP contribution >= 0.6 is 35.0 Å². The minimum absolute atomic E-state index is 0.0835. The van der Waals surface area contributed by atoms with Crippen LogP contribution in [0.2, 0.25) is 10.0 Å². The second-order valence-electron chi connectivity index (χ2n) is 7.06. The molecule has 1 aliphatic heterocycles. The number of amides is 3. The highest BCUT2D eigenvalue weighted by Gasteiger charge is 2.36. The molecule has 0 radical (unpaired) electrons. The van der Waals surface area contributed by atoms with E-state index in [0.717, 1.165) is 10.5 Å². The molecule has 0 aromatic heterocycles. The fourth-order valence-corrected chi connectivity index (χ4v) is 4.08. The van der Waals surface area contributed by atoms with Crippen molar-refractivity contribution in [3.05, 3.63) is 62.5 Å². The van der Waals surface area contributed by atoms with Crippen LogP contribution in [-0.2, 0) is 19.1 Å². The molecule has 2 aromatic rings. The van der Waals surface area contributed by atoms with Crippen molar-refractivity contribution in [3.63, 3.8) is 0 Å². The number of nitrogens with one attached hydrogen (secondary N) is 1. The van der Waals surface area contributed by atoms with E-state index in [1.807, 2.05) is 6.92 Å². The topological polar surface area (TPSA) is 102 Å².